The molecule has 0 atom stereocenters. The fourth-order valence-corrected chi connectivity index (χ4v) is 2.11. The van der Waals surface area contributed by atoms with Crippen LogP contribution in [0.3, 0.4) is 0 Å². The topological polar surface area (TPSA) is 97.7 Å². The highest BCUT2D eigenvalue weighted by Crippen LogP contribution is 2.21. The van der Waals surface area contributed by atoms with Crippen molar-refractivity contribution in [3.63, 3.8) is 0 Å². The standard InChI is InChI=1S/C11H9N3O4S/c1-13-10(15)9(19-11(13)16)6-12-7-3-2-4-8(5-7)14(17)18/h2-6,15H,1H3. The van der Waals surface area contributed by atoms with Gasteiger partial charge < -0.3 is 5.11 Å². The van der Waals surface area contributed by atoms with Crippen LogP contribution in [0.1, 0.15) is 4.88 Å². The van der Waals surface area contributed by atoms with E-state index in [2.05, 4.69) is 4.99 Å². The molecule has 0 spiro atoms. The molecule has 0 amide bonds. The van der Waals surface area contributed by atoms with E-state index in [9.17, 15) is 20.0 Å². The lowest BCUT2D eigenvalue weighted by Crippen LogP contribution is -2.05. The number of rotatable bonds is 3. The molecule has 98 valence electrons. The van der Waals surface area contributed by atoms with E-state index >= 15 is 0 Å². The molecule has 0 aliphatic rings. The maximum absolute atomic E-state index is 11.3. The van der Waals surface area contributed by atoms with Crippen molar-refractivity contribution in [1.29, 1.82) is 0 Å². The number of aromatic hydroxyl groups is 1. The molecule has 0 unspecified atom stereocenters. The minimum atomic E-state index is -0.516. The maximum Gasteiger partial charge on any atom is 0.310 e. The molecule has 0 bridgehead atoms. The first-order valence-corrected chi connectivity index (χ1v) is 5.98. The Bertz CT molecular complexity index is 717. The van der Waals surface area contributed by atoms with Crippen molar-refractivity contribution in [2.24, 2.45) is 12.0 Å². The SMILES string of the molecule is Cn1c(O)c(C=Nc2cccc([N+](=O)[O-])c2)sc1=O. The van der Waals surface area contributed by atoms with Gasteiger partial charge in [0.05, 0.1) is 16.8 Å². The van der Waals surface area contributed by atoms with Gasteiger partial charge in [0.1, 0.15) is 4.88 Å². The molecule has 0 radical (unpaired) electrons. The van der Waals surface area contributed by atoms with Crippen LogP contribution in [-0.4, -0.2) is 20.8 Å². The van der Waals surface area contributed by atoms with E-state index in [-0.39, 0.29) is 16.4 Å². The van der Waals surface area contributed by atoms with Crippen LogP contribution < -0.4 is 4.87 Å². The van der Waals surface area contributed by atoms with Gasteiger partial charge in [-0.3, -0.25) is 24.5 Å². The quantitative estimate of drug-likeness (QED) is 0.526. The van der Waals surface area contributed by atoms with Crippen LogP contribution in [0.2, 0.25) is 0 Å². The summed E-state index contributed by atoms with van der Waals surface area (Å²) < 4.78 is 1.10. The number of benzene rings is 1. The second-order valence-corrected chi connectivity index (χ2v) is 4.64. The molecule has 1 aromatic heterocycles. The highest BCUT2D eigenvalue weighted by Gasteiger charge is 2.09. The lowest BCUT2D eigenvalue weighted by atomic mass is 10.3. The Morgan fingerprint density at radius 3 is 2.84 bits per heavy atom. The lowest BCUT2D eigenvalue weighted by Gasteiger charge is -1.94. The van der Waals surface area contributed by atoms with Crippen LogP contribution in [-0.2, 0) is 7.05 Å². The number of nitro benzene ring substituents is 1. The van der Waals surface area contributed by atoms with Crippen molar-refractivity contribution >= 4 is 28.9 Å². The van der Waals surface area contributed by atoms with Crippen molar-refractivity contribution in [2.45, 2.75) is 0 Å². The summed E-state index contributed by atoms with van der Waals surface area (Å²) in [4.78, 5) is 25.4. The Morgan fingerprint density at radius 1 is 1.53 bits per heavy atom. The monoisotopic (exact) mass is 279 g/mol. The van der Waals surface area contributed by atoms with E-state index in [0.29, 0.717) is 10.6 Å². The van der Waals surface area contributed by atoms with Gasteiger partial charge in [0.2, 0.25) is 5.88 Å². The summed E-state index contributed by atoms with van der Waals surface area (Å²) in [7, 11) is 1.44. The maximum atomic E-state index is 11.3. The van der Waals surface area contributed by atoms with Crippen molar-refractivity contribution in [2.75, 3.05) is 0 Å². The van der Waals surface area contributed by atoms with Crippen molar-refractivity contribution in [3.05, 3.63) is 48.9 Å². The van der Waals surface area contributed by atoms with Crippen LogP contribution in [0.15, 0.2) is 34.1 Å². The zero-order valence-electron chi connectivity index (χ0n) is 9.81. The zero-order valence-corrected chi connectivity index (χ0v) is 10.6. The Morgan fingerprint density at radius 2 is 2.26 bits per heavy atom. The third kappa shape index (κ3) is 2.68. The van der Waals surface area contributed by atoms with Gasteiger partial charge in [-0.25, -0.2) is 0 Å². The highest BCUT2D eigenvalue weighted by molar-refractivity contribution is 7.11. The molecular formula is C11H9N3O4S. The van der Waals surface area contributed by atoms with Gasteiger partial charge in [-0.15, -0.1) is 0 Å². The summed E-state index contributed by atoms with van der Waals surface area (Å²) in [6.07, 6.45) is 1.31. The Balaban J connectivity index is 2.32. The summed E-state index contributed by atoms with van der Waals surface area (Å²) in [6.45, 7) is 0. The molecule has 0 fully saturated rings. The van der Waals surface area contributed by atoms with E-state index in [1.807, 2.05) is 0 Å². The van der Waals surface area contributed by atoms with Gasteiger partial charge in [-0.2, -0.15) is 0 Å². The fourth-order valence-electron chi connectivity index (χ4n) is 1.36. The number of hydrogen-bond donors (Lipinski definition) is 1. The molecule has 8 heteroatoms. The van der Waals surface area contributed by atoms with Gasteiger partial charge in [0.15, 0.2) is 0 Å². The molecule has 1 heterocycles. The third-order valence-corrected chi connectivity index (χ3v) is 3.34. The summed E-state index contributed by atoms with van der Waals surface area (Å²) in [5.74, 6) is -0.177. The Labute approximate surface area is 111 Å². The van der Waals surface area contributed by atoms with E-state index < -0.39 is 4.92 Å². The minimum Gasteiger partial charge on any atom is -0.493 e. The molecule has 1 aromatic carbocycles. The molecule has 0 aliphatic heterocycles. The number of thiazole rings is 1. The number of aliphatic imine (C=N–C) groups is 1. The van der Waals surface area contributed by atoms with Crippen LogP contribution in [0.25, 0.3) is 0 Å². The first-order valence-electron chi connectivity index (χ1n) is 5.16. The van der Waals surface area contributed by atoms with Gasteiger partial charge in [0, 0.05) is 19.2 Å². The second-order valence-electron chi connectivity index (χ2n) is 3.65. The predicted octanol–water partition coefficient (Wildman–Crippen LogP) is 1.81. The van der Waals surface area contributed by atoms with E-state index in [4.69, 9.17) is 0 Å². The highest BCUT2D eigenvalue weighted by atomic mass is 32.1. The molecule has 7 nitrogen and oxygen atoms in total. The van der Waals surface area contributed by atoms with Gasteiger partial charge in [-0.1, -0.05) is 17.4 Å². The van der Waals surface area contributed by atoms with E-state index in [0.717, 1.165) is 15.9 Å². The molecule has 2 aromatic rings. The van der Waals surface area contributed by atoms with Crippen molar-refractivity contribution < 1.29 is 10.0 Å². The first kappa shape index (κ1) is 13.0. The third-order valence-electron chi connectivity index (χ3n) is 2.38. The molecule has 1 N–H and O–H groups in total. The average Bonchev–Trinajstić information content (AvgIpc) is 2.64. The van der Waals surface area contributed by atoms with Crippen LogP contribution in [0.5, 0.6) is 5.88 Å². The van der Waals surface area contributed by atoms with Gasteiger partial charge >= 0.3 is 4.87 Å². The number of nitrogens with zero attached hydrogens (tertiary/aromatic N) is 3. The molecule has 19 heavy (non-hydrogen) atoms. The summed E-state index contributed by atoms with van der Waals surface area (Å²) in [6, 6.07) is 5.76. The predicted molar refractivity (Wildman–Crippen MR) is 71.6 cm³/mol. The largest absolute Gasteiger partial charge is 0.493 e. The van der Waals surface area contributed by atoms with E-state index in [1.54, 1.807) is 6.07 Å². The lowest BCUT2D eigenvalue weighted by molar-refractivity contribution is -0.384. The number of non-ortho nitro benzene ring substituents is 1. The molecule has 0 saturated heterocycles. The fraction of sp³-hybridized carbons (Fsp3) is 0.0909. The van der Waals surface area contributed by atoms with Gasteiger partial charge in [0.25, 0.3) is 5.69 Å². The van der Waals surface area contributed by atoms with Crippen LogP contribution in [0, 0.1) is 10.1 Å². The smallest absolute Gasteiger partial charge is 0.310 e. The van der Waals surface area contributed by atoms with Crippen molar-refractivity contribution in [3.8, 4) is 5.88 Å². The molecular weight excluding hydrogens is 270 g/mol. The van der Waals surface area contributed by atoms with Crippen LogP contribution in [0.4, 0.5) is 11.4 Å². The molecule has 2 rings (SSSR count). The number of aromatic nitrogens is 1. The summed E-state index contributed by atoms with van der Waals surface area (Å²) in [5.41, 5.74) is 0.303. The summed E-state index contributed by atoms with van der Waals surface area (Å²) in [5, 5.41) is 20.2. The molecule has 0 saturated carbocycles. The molecule has 0 aliphatic carbocycles. The number of hydrogen-bond acceptors (Lipinski definition) is 6. The van der Waals surface area contributed by atoms with Crippen molar-refractivity contribution in [1.82, 2.24) is 4.57 Å². The summed E-state index contributed by atoms with van der Waals surface area (Å²) >= 11 is 0.845. The normalized spacial score (nSPS) is 11.0. The second kappa shape index (κ2) is 5.02. The Hall–Kier alpha value is -2.48. The van der Waals surface area contributed by atoms with Gasteiger partial charge in [-0.05, 0) is 6.07 Å². The van der Waals surface area contributed by atoms with Crippen LogP contribution >= 0.6 is 11.3 Å². The first-order chi connectivity index (χ1) is 8.99. The Kier molecular flexibility index (Phi) is 3.43. The van der Waals surface area contributed by atoms with E-state index in [1.165, 1.54) is 31.5 Å². The average molecular weight is 279 g/mol. The number of nitro groups is 1. The zero-order chi connectivity index (χ0) is 14.0. The minimum absolute atomic E-state index is 0.0693.